The smallest absolute Gasteiger partial charge is 0.355 e. The Morgan fingerprint density at radius 3 is 3.28 bits per heavy atom. The third-order valence-electron chi connectivity index (χ3n) is 3.20. The van der Waals surface area contributed by atoms with E-state index in [1.165, 1.54) is 0 Å². The number of rotatable bonds is 3. The van der Waals surface area contributed by atoms with Crippen molar-refractivity contribution < 1.29 is 14.3 Å². The maximum absolute atomic E-state index is 12.0. The molecule has 1 unspecified atom stereocenters. The van der Waals surface area contributed by atoms with E-state index in [2.05, 4.69) is 4.57 Å². The lowest BCUT2D eigenvalue weighted by atomic mass is 10.2. The Labute approximate surface area is 109 Å². The third kappa shape index (κ3) is 1.83. The van der Waals surface area contributed by atoms with E-state index in [4.69, 9.17) is 9.47 Å². The maximum Gasteiger partial charge on any atom is 0.355 e. The lowest BCUT2D eigenvalue weighted by Gasteiger charge is -2.14. The van der Waals surface area contributed by atoms with Crippen molar-refractivity contribution in [3.8, 4) is 0 Å². The largest absolute Gasteiger partial charge is 0.461 e. The standard InChI is InChI=1S/C13H15NO3S/c1-2-17-13(15)11-7-9-4-6-18-12(9)14(11)10-3-5-16-8-10/h4,6-7,10H,2-3,5,8H2,1H3. The van der Waals surface area contributed by atoms with Crippen LogP contribution in [-0.2, 0) is 9.47 Å². The quantitative estimate of drug-likeness (QED) is 0.801. The van der Waals surface area contributed by atoms with Crippen LogP contribution in [0.1, 0.15) is 29.9 Å². The molecule has 0 bridgehead atoms. The van der Waals surface area contributed by atoms with E-state index < -0.39 is 0 Å². The van der Waals surface area contributed by atoms with Gasteiger partial charge in [-0.3, -0.25) is 0 Å². The van der Waals surface area contributed by atoms with Gasteiger partial charge < -0.3 is 14.0 Å². The van der Waals surface area contributed by atoms with Gasteiger partial charge in [0, 0.05) is 12.0 Å². The minimum Gasteiger partial charge on any atom is -0.461 e. The van der Waals surface area contributed by atoms with Gasteiger partial charge in [-0.1, -0.05) is 0 Å². The van der Waals surface area contributed by atoms with Crippen LogP contribution in [0.2, 0.25) is 0 Å². The fourth-order valence-corrected chi connectivity index (χ4v) is 3.36. The zero-order valence-electron chi connectivity index (χ0n) is 10.2. The summed E-state index contributed by atoms with van der Waals surface area (Å²) in [6, 6.07) is 4.21. The molecule has 2 aromatic rings. The molecular weight excluding hydrogens is 250 g/mol. The lowest BCUT2D eigenvalue weighted by molar-refractivity contribution is 0.0511. The molecule has 0 radical (unpaired) electrons. The highest BCUT2D eigenvalue weighted by Gasteiger charge is 2.26. The second kappa shape index (κ2) is 4.74. The van der Waals surface area contributed by atoms with Crippen molar-refractivity contribution in [2.24, 2.45) is 0 Å². The Morgan fingerprint density at radius 2 is 2.56 bits per heavy atom. The van der Waals surface area contributed by atoms with Crippen molar-refractivity contribution in [3.05, 3.63) is 23.2 Å². The number of hydrogen-bond donors (Lipinski definition) is 0. The number of fused-ring (bicyclic) bond motifs is 1. The van der Waals surface area contributed by atoms with Crippen LogP contribution in [0.15, 0.2) is 17.5 Å². The van der Waals surface area contributed by atoms with E-state index >= 15 is 0 Å². The summed E-state index contributed by atoms with van der Waals surface area (Å²) < 4.78 is 12.7. The molecule has 2 aromatic heterocycles. The van der Waals surface area contributed by atoms with E-state index in [1.54, 1.807) is 11.3 Å². The number of hydrogen-bond acceptors (Lipinski definition) is 4. The first kappa shape index (κ1) is 11.7. The lowest BCUT2D eigenvalue weighted by Crippen LogP contribution is -2.16. The fourth-order valence-electron chi connectivity index (χ4n) is 2.39. The molecule has 4 nitrogen and oxygen atoms in total. The number of ether oxygens (including phenoxy) is 2. The summed E-state index contributed by atoms with van der Waals surface area (Å²) >= 11 is 1.66. The highest BCUT2D eigenvalue weighted by atomic mass is 32.1. The second-order valence-corrected chi connectivity index (χ2v) is 5.21. The minimum atomic E-state index is -0.243. The molecule has 5 heteroatoms. The van der Waals surface area contributed by atoms with Gasteiger partial charge in [0.05, 0.1) is 19.3 Å². The average Bonchev–Trinajstić information content (AvgIpc) is 3.04. The van der Waals surface area contributed by atoms with Crippen LogP contribution in [0, 0.1) is 0 Å². The Kier molecular flexibility index (Phi) is 3.09. The van der Waals surface area contributed by atoms with Crippen LogP contribution >= 0.6 is 11.3 Å². The first-order valence-electron chi connectivity index (χ1n) is 6.14. The molecule has 3 rings (SSSR count). The van der Waals surface area contributed by atoms with Gasteiger partial charge >= 0.3 is 5.97 Å². The molecule has 1 aliphatic heterocycles. The SMILES string of the molecule is CCOC(=O)c1cc2ccsc2n1C1CCOC1. The Hall–Kier alpha value is -1.33. The van der Waals surface area contributed by atoms with Crippen molar-refractivity contribution in [1.82, 2.24) is 4.57 Å². The zero-order valence-corrected chi connectivity index (χ0v) is 11.0. The van der Waals surface area contributed by atoms with Crippen LogP contribution in [0.3, 0.4) is 0 Å². The molecule has 1 atom stereocenters. The van der Waals surface area contributed by atoms with Crippen molar-refractivity contribution in [2.45, 2.75) is 19.4 Å². The summed E-state index contributed by atoms with van der Waals surface area (Å²) in [5.74, 6) is -0.243. The van der Waals surface area contributed by atoms with Gasteiger partial charge in [-0.2, -0.15) is 0 Å². The highest BCUT2D eigenvalue weighted by Crippen LogP contribution is 2.32. The van der Waals surface area contributed by atoms with Gasteiger partial charge in [0.2, 0.25) is 0 Å². The third-order valence-corrected chi connectivity index (χ3v) is 4.13. The summed E-state index contributed by atoms with van der Waals surface area (Å²) in [6.45, 7) is 3.66. The number of carbonyl (C=O) groups excluding carboxylic acids is 1. The van der Waals surface area contributed by atoms with Crippen LogP contribution in [0.4, 0.5) is 0 Å². The molecule has 0 amide bonds. The second-order valence-electron chi connectivity index (χ2n) is 4.32. The molecule has 18 heavy (non-hydrogen) atoms. The van der Waals surface area contributed by atoms with E-state index in [-0.39, 0.29) is 12.0 Å². The van der Waals surface area contributed by atoms with E-state index in [9.17, 15) is 4.79 Å². The van der Waals surface area contributed by atoms with E-state index in [0.717, 1.165) is 23.2 Å². The molecular formula is C13H15NO3S. The van der Waals surface area contributed by atoms with Gasteiger partial charge in [0.25, 0.3) is 0 Å². The predicted octanol–water partition coefficient (Wildman–Crippen LogP) is 2.84. The molecule has 0 spiro atoms. The molecule has 0 N–H and O–H groups in total. The number of nitrogens with zero attached hydrogens (tertiary/aromatic N) is 1. The van der Waals surface area contributed by atoms with Crippen LogP contribution < -0.4 is 0 Å². The molecule has 0 aliphatic carbocycles. The Bertz CT molecular complexity index is 566. The molecule has 96 valence electrons. The topological polar surface area (TPSA) is 40.5 Å². The number of thiophene rings is 1. The highest BCUT2D eigenvalue weighted by molar-refractivity contribution is 7.16. The van der Waals surface area contributed by atoms with Crippen molar-refractivity contribution >= 4 is 27.5 Å². The van der Waals surface area contributed by atoms with E-state index in [1.807, 2.05) is 24.4 Å². The van der Waals surface area contributed by atoms with Gasteiger partial charge in [0.15, 0.2) is 0 Å². The summed E-state index contributed by atoms with van der Waals surface area (Å²) in [5.41, 5.74) is 0.647. The van der Waals surface area contributed by atoms with Gasteiger partial charge in [0.1, 0.15) is 10.5 Å². The summed E-state index contributed by atoms with van der Waals surface area (Å²) in [4.78, 5) is 13.1. The van der Waals surface area contributed by atoms with Gasteiger partial charge in [-0.05, 0) is 30.9 Å². The first-order chi connectivity index (χ1) is 8.81. The van der Waals surface area contributed by atoms with Crippen LogP contribution in [-0.4, -0.2) is 30.4 Å². The van der Waals surface area contributed by atoms with Gasteiger partial charge in [-0.25, -0.2) is 4.79 Å². The Morgan fingerprint density at radius 1 is 1.67 bits per heavy atom. The van der Waals surface area contributed by atoms with Gasteiger partial charge in [-0.15, -0.1) is 11.3 Å². The first-order valence-corrected chi connectivity index (χ1v) is 7.02. The molecule has 1 saturated heterocycles. The predicted molar refractivity (Wildman–Crippen MR) is 70.2 cm³/mol. The molecule has 1 fully saturated rings. The average molecular weight is 265 g/mol. The van der Waals surface area contributed by atoms with Crippen LogP contribution in [0.5, 0.6) is 0 Å². The fraction of sp³-hybridized carbons (Fsp3) is 0.462. The van der Waals surface area contributed by atoms with Crippen molar-refractivity contribution in [1.29, 1.82) is 0 Å². The normalized spacial score (nSPS) is 19.5. The monoisotopic (exact) mass is 265 g/mol. The number of aromatic nitrogens is 1. The maximum atomic E-state index is 12.0. The van der Waals surface area contributed by atoms with Crippen molar-refractivity contribution in [2.75, 3.05) is 19.8 Å². The summed E-state index contributed by atoms with van der Waals surface area (Å²) in [7, 11) is 0. The number of esters is 1. The molecule has 1 aliphatic rings. The Balaban J connectivity index is 2.08. The number of carbonyl (C=O) groups is 1. The molecule has 3 heterocycles. The summed E-state index contributed by atoms with van der Waals surface area (Å²) in [6.07, 6.45) is 0.952. The van der Waals surface area contributed by atoms with E-state index in [0.29, 0.717) is 18.9 Å². The van der Waals surface area contributed by atoms with Crippen LogP contribution in [0.25, 0.3) is 10.2 Å². The minimum absolute atomic E-state index is 0.243. The zero-order chi connectivity index (χ0) is 12.5. The van der Waals surface area contributed by atoms with Crippen molar-refractivity contribution in [3.63, 3.8) is 0 Å². The summed E-state index contributed by atoms with van der Waals surface area (Å²) in [5, 5.41) is 3.15. The molecule has 0 aromatic carbocycles. The molecule has 0 saturated carbocycles.